The fourth-order valence-electron chi connectivity index (χ4n) is 2.15. The van der Waals surface area contributed by atoms with Gasteiger partial charge in [-0.2, -0.15) is 0 Å². The molecule has 3 aromatic rings. The summed E-state index contributed by atoms with van der Waals surface area (Å²) in [4.78, 5) is 8.98. The van der Waals surface area contributed by atoms with E-state index in [1.54, 1.807) is 6.20 Å². The fraction of sp³-hybridized carbons (Fsp3) is 0.143. The molecule has 6 heteroatoms. The number of alkyl halides is 1. The minimum Gasteiger partial charge on any atom is -0.279 e. The van der Waals surface area contributed by atoms with Crippen molar-refractivity contribution in [3.8, 4) is 5.69 Å². The molecule has 2 heterocycles. The summed E-state index contributed by atoms with van der Waals surface area (Å²) in [5.41, 5.74) is 3.61. The van der Waals surface area contributed by atoms with Crippen LogP contribution in [0.15, 0.2) is 34.9 Å². The summed E-state index contributed by atoms with van der Waals surface area (Å²) in [7, 11) is 0. The lowest BCUT2D eigenvalue weighted by molar-refractivity contribution is 0.960. The predicted octanol–water partition coefficient (Wildman–Crippen LogP) is 4.88. The molecule has 0 spiro atoms. The number of rotatable bonds is 2. The van der Waals surface area contributed by atoms with Crippen molar-refractivity contribution in [2.75, 3.05) is 0 Å². The zero-order chi connectivity index (χ0) is 14.3. The van der Waals surface area contributed by atoms with Crippen LogP contribution in [0.25, 0.3) is 16.9 Å². The van der Waals surface area contributed by atoms with Gasteiger partial charge in [-0.15, -0.1) is 11.6 Å². The van der Waals surface area contributed by atoms with Gasteiger partial charge in [0.15, 0.2) is 5.65 Å². The van der Waals surface area contributed by atoms with Crippen LogP contribution in [-0.2, 0) is 5.88 Å². The number of pyridine rings is 1. The molecule has 0 fully saturated rings. The van der Waals surface area contributed by atoms with Crippen molar-refractivity contribution in [1.82, 2.24) is 14.5 Å². The second-order valence-electron chi connectivity index (χ2n) is 4.42. The molecule has 20 heavy (non-hydrogen) atoms. The van der Waals surface area contributed by atoms with Gasteiger partial charge in [-0.05, 0) is 46.6 Å². The molecule has 0 unspecified atom stereocenters. The predicted molar refractivity (Wildman–Crippen MR) is 85.9 cm³/mol. The topological polar surface area (TPSA) is 30.7 Å². The first kappa shape index (κ1) is 13.9. The van der Waals surface area contributed by atoms with Crippen LogP contribution >= 0.6 is 39.1 Å². The van der Waals surface area contributed by atoms with Crippen LogP contribution in [0.3, 0.4) is 0 Å². The summed E-state index contributed by atoms with van der Waals surface area (Å²) >= 11 is 15.5. The van der Waals surface area contributed by atoms with Crippen LogP contribution < -0.4 is 0 Å². The maximum Gasteiger partial charge on any atom is 0.164 e. The second-order valence-corrected chi connectivity index (χ2v) is 6.04. The molecular weight excluding hydrogens is 361 g/mol. The minimum absolute atomic E-state index is 0.305. The highest BCUT2D eigenvalue weighted by atomic mass is 79.9. The van der Waals surface area contributed by atoms with Gasteiger partial charge < -0.3 is 0 Å². The van der Waals surface area contributed by atoms with Gasteiger partial charge in [-0.1, -0.05) is 17.7 Å². The molecule has 0 bridgehead atoms. The summed E-state index contributed by atoms with van der Waals surface area (Å²) < 4.78 is 2.84. The summed E-state index contributed by atoms with van der Waals surface area (Å²) in [5, 5.41) is 0.671. The lowest BCUT2D eigenvalue weighted by Gasteiger charge is -2.10. The number of nitrogens with zero attached hydrogens (tertiary/aromatic N) is 3. The highest BCUT2D eigenvalue weighted by Crippen LogP contribution is 2.27. The number of benzene rings is 1. The Balaban J connectivity index is 2.37. The van der Waals surface area contributed by atoms with Crippen molar-refractivity contribution in [1.29, 1.82) is 0 Å². The Bertz CT molecular complexity index is 798. The van der Waals surface area contributed by atoms with E-state index in [2.05, 4.69) is 25.9 Å². The number of imidazole rings is 1. The average molecular weight is 371 g/mol. The normalized spacial score (nSPS) is 11.2. The van der Waals surface area contributed by atoms with Crippen LogP contribution in [-0.4, -0.2) is 14.5 Å². The first-order valence-electron chi connectivity index (χ1n) is 5.95. The molecule has 0 radical (unpaired) electrons. The van der Waals surface area contributed by atoms with E-state index < -0.39 is 0 Å². The van der Waals surface area contributed by atoms with E-state index in [4.69, 9.17) is 23.2 Å². The molecular formula is C14H10BrCl2N3. The maximum absolute atomic E-state index is 6.11. The lowest BCUT2D eigenvalue weighted by Crippen LogP contribution is -2.02. The van der Waals surface area contributed by atoms with Crippen molar-refractivity contribution in [3.63, 3.8) is 0 Å². The molecule has 3 rings (SSSR count). The second kappa shape index (κ2) is 5.35. The largest absolute Gasteiger partial charge is 0.279 e. The molecule has 102 valence electrons. The molecule has 0 saturated heterocycles. The minimum atomic E-state index is 0.305. The molecule has 0 atom stereocenters. The van der Waals surface area contributed by atoms with Crippen LogP contribution in [0.5, 0.6) is 0 Å². The van der Waals surface area contributed by atoms with Crippen molar-refractivity contribution in [2.45, 2.75) is 12.8 Å². The highest BCUT2D eigenvalue weighted by molar-refractivity contribution is 9.10. The van der Waals surface area contributed by atoms with E-state index in [1.807, 2.05) is 35.8 Å². The van der Waals surface area contributed by atoms with E-state index in [-0.39, 0.29) is 0 Å². The Morgan fingerprint density at radius 2 is 2.10 bits per heavy atom. The van der Waals surface area contributed by atoms with Gasteiger partial charge >= 0.3 is 0 Å². The van der Waals surface area contributed by atoms with Crippen molar-refractivity contribution >= 4 is 50.3 Å². The van der Waals surface area contributed by atoms with Gasteiger partial charge in [0, 0.05) is 15.7 Å². The van der Waals surface area contributed by atoms with Gasteiger partial charge in [0.2, 0.25) is 0 Å². The van der Waals surface area contributed by atoms with Crippen LogP contribution in [0, 0.1) is 6.92 Å². The number of hydrogen-bond donors (Lipinski definition) is 0. The van der Waals surface area contributed by atoms with Crippen molar-refractivity contribution in [3.05, 3.63) is 51.3 Å². The van der Waals surface area contributed by atoms with Gasteiger partial charge in [0.25, 0.3) is 0 Å². The van der Waals surface area contributed by atoms with Gasteiger partial charge in [0.05, 0.1) is 11.6 Å². The summed E-state index contributed by atoms with van der Waals surface area (Å²) in [6.45, 7) is 2.02. The van der Waals surface area contributed by atoms with Crippen molar-refractivity contribution in [2.24, 2.45) is 0 Å². The number of halogens is 3. The number of aromatic nitrogens is 3. The van der Waals surface area contributed by atoms with E-state index in [0.717, 1.165) is 32.7 Å². The van der Waals surface area contributed by atoms with Gasteiger partial charge in [0.1, 0.15) is 11.3 Å². The average Bonchev–Trinajstić information content (AvgIpc) is 2.78. The third kappa shape index (κ3) is 2.32. The molecule has 0 aliphatic rings. The Hall–Kier alpha value is -1.10. The summed E-state index contributed by atoms with van der Waals surface area (Å²) in [5.74, 6) is 1.05. The molecule has 0 amide bonds. The van der Waals surface area contributed by atoms with Crippen LogP contribution in [0.4, 0.5) is 0 Å². The van der Waals surface area contributed by atoms with Crippen LogP contribution in [0.1, 0.15) is 11.4 Å². The zero-order valence-electron chi connectivity index (χ0n) is 10.6. The molecule has 2 aromatic heterocycles. The Kier molecular flexibility index (Phi) is 3.71. The van der Waals surface area contributed by atoms with Crippen LogP contribution in [0.2, 0.25) is 5.02 Å². The first-order chi connectivity index (χ1) is 9.60. The first-order valence-corrected chi connectivity index (χ1v) is 7.66. The molecule has 1 aromatic carbocycles. The maximum atomic E-state index is 6.11. The summed E-state index contributed by atoms with van der Waals surface area (Å²) in [6.07, 6.45) is 1.75. The number of fused-ring (bicyclic) bond motifs is 1. The van der Waals surface area contributed by atoms with E-state index in [1.165, 1.54) is 0 Å². The third-order valence-corrected chi connectivity index (χ3v) is 3.97. The SMILES string of the molecule is Cc1ccc(Cl)cc1-n1c(CCl)nc2cc(Br)cnc21. The Morgan fingerprint density at radius 3 is 2.85 bits per heavy atom. The fourth-order valence-corrected chi connectivity index (χ4v) is 2.82. The summed E-state index contributed by atoms with van der Waals surface area (Å²) in [6, 6.07) is 7.66. The monoisotopic (exact) mass is 369 g/mol. The molecule has 0 aliphatic heterocycles. The van der Waals surface area contributed by atoms with E-state index in [9.17, 15) is 0 Å². The molecule has 0 saturated carbocycles. The van der Waals surface area contributed by atoms with Crippen molar-refractivity contribution < 1.29 is 0 Å². The van der Waals surface area contributed by atoms with Gasteiger partial charge in [-0.3, -0.25) is 4.57 Å². The van der Waals surface area contributed by atoms with E-state index in [0.29, 0.717) is 10.9 Å². The zero-order valence-corrected chi connectivity index (χ0v) is 13.7. The lowest BCUT2D eigenvalue weighted by atomic mass is 10.2. The molecule has 3 nitrogen and oxygen atoms in total. The third-order valence-electron chi connectivity index (χ3n) is 3.06. The standard InChI is InChI=1S/C14H10BrCl2N3/c1-8-2-3-10(17)5-12(8)20-13(6-16)19-11-4-9(15)7-18-14(11)20/h2-5,7H,6H2,1H3. The molecule has 0 aliphatic carbocycles. The van der Waals surface area contributed by atoms with E-state index >= 15 is 0 Å². The van der Waals surface area contributed by atoms with Gasteiger partial charge in [-0.25, -0.2) is 9.97 Å². The smallest absolute Gasteiger partial charge is 0.164 e. The Labute approximate surface area is 134 Å². The highest BCUT2D eigenvalue weighted by Gasteiger charge is 2.15. The Morgan fingerprint density at radius 1 is 1.30 bits per heavy atom. The number of hydrogen-bond acceptors (Lipinski definition) is 2. The molecule has 0 N–H and O–H groups in total. The number of aryl methyl sites for hydroxylation is 1. The quantitative estimate of drug-likeness (QED) is 0.601.